The van der Waals surface area contributed by atoms with Gasteiger partial charge in [0.25, 0.3) is 5.56 Å². The first-order valence-corrected chi connectivity index (χ1v) is 9.29. The molecule has 4 aromatic rings. The van der Waals surface area contributed by atoms with Crippen LogP contribution in [0, 0.1) is 0 Å². The second kappa shape index (κ2) is 6.97. The van der Waals surface area contributed by atoms with E-state index in [1.54, 1.807) is 6.07 Å². The summed E-state index contributed by atoms with van der Waals surface area (Å²) in [5, 5.41) is 0.572. The summed E-state index contributed by atoms with van der Waals surface area (Å²) in [4.78, 5) is 19.9. The molecule has 4 rings (SSSR count). The van der Waals surface area contributed by atoms with Gasteiger partial charge in [0.15, 0.2) is 0 Å². The number of aromatic nitrogens is 2. The maximum atomic E-state index is 12.4. The van der Waals surface area contributed by atoms with Gasteiger partial charge in [0.05, 0.1) is 16.5 Å². The third-order valence-electron chi connectivity index (χ3n) is 4.70. The molecule has 0 atom stereocenters. The van der Waals surface area contributed by atoms with E-state index in [1.165, 1.54) is 5.56 Å². The Morgan fingerprint density at radius 2 is 1.54 bits per heavy atom. The number of hydrogen-bond acceptors (Lipinski definition) is 3. The zero-order chi connectivity index (χ0) is 19.7. The molecule has 0 aliphatic heterocycles. The number of ether oxygens (including phenoxy) is 1. The molecule has 1 N–H and O–H groups in total. The number of H-pyrrole nitrogens is 1. The van der Waals surface area contributed by atoms with Crippen molar-refractivity contribution < 1.29 is 4.74 Å². The standard InChI is InChI=1S/C24H22N2O2/c1-24(2,3)16-12-14-17(15-13-16)28-21-11-7-5-9-19(21)22-25-20-10-6-4-8-18(20)23(27)26-22/h4-15H,1-3H3,(H,25,26,27). The predicted octanol–water partition coefficient (Wildman–Crippen LogP) is 5.68. The van der Waals surface area contributed by atoms with Gasteiger partial charge in [-0.15, -0.1) is 0 Å². The minimum Gasteiger partial charge on any atom is -0.457 e. The van der Waals surface area contributed by atoms with Gasteiger partial charge in [0, 0.05) is 0 Å². The summed E-state index contributed by atoms with van der Waals surface area (Å²) in [7, 11) is 0. The molecule has 0 fully saturated rings. The lowest BCUT2D eigenvalue weighted by Gasteiger charge is -2.19. The monoisotopic (exact) mass is 370 g/mol. The lowest BCUT2D eigenvalue weighted by molar-refractivity contribution is 0.483. The normalized spacial score (nSPS) is 11.5. The average molecular weight is 370 g/mol. The van der Waals surface area contributed by atoms with Gasteiger partial charge >= 0.3 is 0 Å². The highest BCUT2D eigenvalue weighted by Gasteiger charge is 2.14. The van der Waals surface area contributed by atoms with Crippen molar-refractivity contribution in [2.24, 2.45) is 0 Å². The number of para-hydroxylation sites is 2. The Morgan fingerprint density at radius 1 is 0.857 bits per heavy atom. The summed E-state index contributed by atoms with van der Waals surface area (Å²) >= 11 is 0. The van der Waals surface area contributed by atoms with Crippen molar-refractivity contribution in [1.29, 1.82) is 0 Å². The van der Waals surface area contributed by atoms with Crippen molar-refractivity contribution in [3.05, 3.63) is 88.7 Å². The van der Waals surface area contributed by atoms with Gasteiger partial charge < -0.3 is 9.72 Å². The summed E-state index contributed by atoms with van der Waals surface area (Å²) in [6, 6.07) is 23.0. The van der Waals surface area contributed by atoms with E-state index in [0.717, 1.165) is 11.3 Å². The van der Waals surface area contributed by atoms with E-state index in [1.807, 2.05) is 54.6 Å². The highest BCUT2D eigenvalue weighted by atomic mass is 16.5. The van der Waals surface area contributed by atoms with Crippen LogP contribution < -0.4 is 10.3 Å². The zero-order valence-corrected chi connectivity index (χ0v) is 16.2. The Bertz CT molecular complexity index is 1190. The molecule has 0 aliphatic rings. The van der Waals surface area contributed by atoms with Crippen LogP contribution in [0.3, 0.4) is 0 Å². The molecule has 0 bridgehead atoms. The van der Waals surface area contributed by atoms with Gasteiger partial charge in [-0.3, -0.25) is 4.79 Å². The SMILES string of the molecule is CC(C)(C)c1ccc(Oc2ccccc2-c2nc3ccccc3c(=O)[nH]2)cc1. The second-order valence-electron chi connectivity index (χ2n) is 7.80. The van der Waals surface area contributed by atoms with Gasteiger partial charge in [-0.2, -0.15) is 0 Å². The van der Waals surface area contributed by atoms with Gasteiger partial charge in [-0.1, -0.05) is 57.2 Å². The molecular weight excluding hydrogens is 348 g/mol. The highest BCUT2D eigenvalue weighted by molar-refractivity contribution is 5.80. The van der Waals surface area contributed by atoms with Crippen molar-refractivity contribution in [2.45, 2.75) is 26.2 Å². The third kappa shape index (κ3) is 3.54. The molecule has 4 heteroatoms. The largest absolute Gasteiger partial charge is 0.457 e. The molecule has 4 nitrogen and oxygen atoms in total. The van der Waals surface area contributed by atoms with E-state index in [9.17, 15) is 4.79 Å². The molecule has 0 saturated carbocycles. The molecule has 1 aromatic heterocycles. The van der Waals surface area contributed by atoms with E-state index in [2.05, 4.69) is 42.9 Å². The molecule has 28 heavy (non-hydrogen) atoms. The summed E-state index contributed by atoms with van der Waals surface area (Å²) in [6.07, 6.45) is 0. The van der Waals surface area contributed by atoms with Crippen LogP contribution in [0.1, 0.15) is 26.3 Å². The second-order valence-corrected chi connectivity index (χ2v) is 7.80. The van der Waals surface area contributed by atoms with Crippen LogP contribution in [0.15, 0.2) is 77.6 Å². The van der Waals surface area contributed by atoms with Gasteiger partial charge in [-0.05, 0) is 47.4 Å². The van der Waals surface area contributed by atoms with Crippen LogP contribution in [0.5, 0.6) is 11.5 Å². The quantitative estimate of drug-likeness (QED) is 0.505. The minimum atomic E-state index is -0.162. The van der Waals surface area contributed by atoms with E-state index >= 15 is 0 Å². The van der Waals surface area contributed by atoms with E-state index in [4.69, 9.17) is 4.74 Å². The van der Waals surface area contributed by atoms with Crippen molar-refractivity contribution >= 4 is 10.9 Å². The molecule has 0 aliphatic carbocycles. The van der Waals surface area contributed by atoms with Crippen molar-refractivity contribution in [2.75, 3.05) is 0 Å². The summed E-state index contributed by atoms with van der Waals surface area (Å²) in [5.74, 6) is 1.87. The number of aromatic amines is 1. The van der Waals surface area contributed by atoms with E-state index in [-0.39, 0.29) is 11.0 Å². The summed E-state index contributed by atoms with van der Waals surface area (Å²) < 4.78 is 6.12. The molecule has 0 saturated heterocycles. The van der Waals surface area contributed by atoms with Gasteiger partial charge in [0.1, 0.15) is 17.3 Å². The maximum absolute atomic E-state index is 12.4. The van der Waals surface area contributed by atoms with Crippen molar-refractivity contribution in [1.82, 2.24) is 9.97 Å². The van der Waals surface area contributed by atoms with Crippen molar-refractivity contribution in [3.8, 4) is 22.9 Å². The Kier molecular flexibility index (Phi) is 4.47. The molecule has 0 radical (unpaired) electrons. The van der Waals surface area contributed by atoms with Crippen LogP contribution in [-0.2, 0) is 5.41 Å². The van der Waals surface area contributed by atoms with E-state index < -0.39 is 0 Å². The lowest BCUT2D eigenvalue weighted by atomic mass is 9.87. The fourth-order valence-electron chi connectivity index (χ4n) is 3.12. The first-order chi connectivity index (χ1) is 13.4. The highest BCUT2D eigenvalue weighted by Crippen LogP contribution is 2.32. The van der Waals surface area contributed by atoms with Gasteiger partial charge in [-0.25, -0.2) is 4.98 Å². The Balaban J connectivity index is 1.73. The molecule has 140 valence electrons. The van der Waals surface area contributed by atoms with Crippen LogP contribution in [0.25, 0.3) is 22.3 Å². The van der Waals surface area contributed by atoms with E-state index in [0.29, 0.717) is 22.5 Å². The number of hydrogen-bond donors (Lipinski definition) is 1. The van der Waals surface area contributed by atoms with Crippen molar-refractivity contribution in [3.63, 3.8) is 0 Å². The smallest absolute Gasteiger partial charge is 0.259 e. The molecule has 1 heterocycles. The zero-order valence-electron chi connectivity index (χ0n) is 16.2. The number of benzene rings is 3. The molecule has 0 amide bonds. The van der Waals surface area contributed by atoms with Gasteiger partial charge in [0.2, 0.25) is 0 Å². The van der Waals surface area contributed by atoms with Crippen LogP contribution in [0.4, 0.5) is 0 Å². The number of rotatable bonds is 3. The summed E-state index contributed by atoms with van der Waals surface area (Å²) in [5.41, 5.74) is 2.57. The third-order valence-corrected chi connectivity index (χ3v) is 4.70. The first kappa shape index (κ1) is 18.0. The topological polar surface area (TPSA) is 55.0 Å². The number of nitrogens with one attached hydrogen (secondary N) is 1. The van der Waals surface area contributed by atoms with Crippen LogP contribution >= 0.6 is 0 Å². The molecule has 0 spiro atoms. The average Bonchev–Trinajstić information content (AvgIpc) is 2.68. The Labute approximate surface area is 163 Å². The molecule has 3 aromatic carbocycles. The van der Waals surface area contributed by atoms with Crippen LogP contribution in [-0.4, -0.2) is 9.97 Å². The maximum Gasteiger partial charge on any atom is 0.259 e. The van der Waals surface area contributed by atoms with Crippen LogP contribution in [0.2, 0.25) is 0 Å². The fourth-order valence-corrected chi connectivity index (χ4v) is 3.12. The lowest BCUT2D eigenvalue weighted by Crippen LogP contribution is -2.10. The molecular formula is C24H22N2O2. The molecule has 0 unspecified atom stereocenters. The minimum absolute atomic E-state index is 0.0882. The number of fused-ring (bicyclic) bond motifs is 1. The fraction of sp³-hybridized carbons (Fsp3) is 0.167. The Hall–Kier alpha value is -3.40. The predicted molar refractivity (Wildman–Crippen MR) is 113 cm³/mol. The first-order valence-electron chi connectivity index (χ1n) is 9.29. The Morgan fingerprint density at radius 3 is 2.29 bits per heavy atom. The number of nitrogens with zero attached hydrogens (tertiary/aromatic N) is 1. The summed E-state index contributed by atoms with van der Waals surface area (Å²) in [6.45, 7) is 6.54.